The number of rotatable bonds is 2. The summed E-state index contributed by atoms with van der Waals surface area (Å²) in [6.45, 7) is 4.03. The molecule has 0 saturated carbocycles. The van der Waals surface area contributed by atoms with Gasteiger partial charge in [0.05, 0.1) is 0 Å². The predicted molar refractivity (Wildman–Crippen MR) is 50.1 cm³/mol. The van der Waals surface area contributed by atoms with E-state index in [0.717, 1.165) is 0 Å². The quantitative estimate of drug-likeness (QED) is 0.606. The van der Waals surface area contributed by atoms with Crippen LogP contribution in [-0.2, 0) is 0 Å². The largest absolute Gasteiger partial charge is 0.324 e. The molecule has 0 aromatic carbocycles. The molecule has 11 heavy (non-hydrogen) atoms. The van der Waals surface area contributed by atoms with Gasteiger partial charge < -0.3 is 4.57 Å². The number of aromatic nitrogens is 1. The first-order valence-corrected chi connectivity index (χ1v) is 3.81. The van der Waals surface area contributed by atoms with Crippen molar-refractivity contribution in [3.8, 4) is 0 Å². The minimum atomic E-state index is 1.21. The maximum absolute atomic E-state index is 2.08. The Labute approximate surface area is 67.7 Å². The zero-order valence-corrected chi connectivity index (χ0v) is 6.99. The molecule has 0 spiro atoms. The van der Waals surface area contributed by atoms with E-state index in [4.69, 9.17) is 0 Å². The van der Waals surface area contributed by atoms with E-state index in [-0.39, 0.29) is 0 Å². The topological polar surface area (TPSA) is 4.93 Å². The van der Waals surface area contributed by atoms with Crippen molar-refractivity contribution in [2.24, 2.45) is 0 Å². The van der Waals surface area contributed by atoms with Crippen molar-refractivity contribution >= 4 is 12.3 Å². The minimum absolute atomic E-state index is 1.21. The number of allylic oxidation sites excluding steroid dienone is 2. The Morgan fingerprint density at radius 1 is 1.27 bits per heavy atom. The molecule has 1 rings (SSSR count). The fourth-order valence-corrected chi connectivity index (χ4v) is 1.02. The second-order valence-corrected chi connectivity index (χ2v) is 2.32. The zero-order valence-electron chi connectivity index (χ0n) is 6.99. The van der Waals surface area contributed by atoms with Crippen molar-refractivity contribution in [2.75, 3.05) is 0 Å². The summed E-state index contributed by atoms with van der Waals surface area (Å²) in [6, 6.07) is 4.12. The van der Waals surface area contributed by atoms with Crippen molar-refractivity contribution in [1.82, 2.24) is 4.57 Å². The summed E-state index contributed by atoms with van der Waals surface area (Å²) in [5, 5.41) is 0. The van der Waals surface area contributed by atoms with Gasteiger partial charge in [-0.15, -0.1) is 0 Å². The summed E-state index contributed by atoms with van der Waals surface area (Å²) in [7, 11) is 0. The highest BCUT2D eigenvalue weighted by Gasteiger charge is 1.89. The Hall–Kier alpha value is -1.24. The third kappa shape index (κ3) is 1.84. The molecule has 1 heterocycles. The second-order valence-electron chi connectivity index (χ2n) is 2.32. The van der Waals surface area contributed by atoms with Crippen molar-refractivity contribution in [3.63, 3.8) is 0 Å². The highest BCUT2D eigenvalue weighted by atomic mass is 14.9. The molecule has 0 unspecified atom stereocenters. The Kier molecular flexibility index (Phi) is 2.73. The van der Waals surface area contributed by atoms with Crippen molar-refractivity contribution in [1.29, 1.82) is 0 Å². The molecule has 1 aromatic heterocycles. The molecule has 0 aliphatic carbocycles. The molecule has 1 nitrogen and oxygen atoms in total. The van der Waals surface area contributed by atoms with Gasteiger partial charge in [-0.1, -0.05) is 12.2 Å². The van der Waals surface area contributed by atoms with E-state index >= 15 is 0 Å². The first kappa shape index (κ1) is 7.86. The van der Waals surface area contributed by atoms with Gasteiger partial charge in [0.1, 0.15) is 0 Å². The second kappa shape index (κ2) is 3.81. The summed E-state index contributed by atoms with van der Waals surface area (Å²) < 4.78 is 2.08. The summed E-state index contributed by atoms with van der Waals surface area (Å²) in [6.07, 6.45) is 10.2. The predicted octanol–water partition coefficient (Wildman–Crippen LogP) is 3.01. The maximum Gasteiger partial charge on any atom is 0.0446 e. The number of nitrogens with zero attached hydrogens (tertiary/aromatic N) is 1. The van der Waals surface area contributed by atoms with Crippen LogP contribution in [0.5, 0.6) is 0 Å². The van der Waals surface area contributed by atoms with E-state index in [0.29, 0.717) is 0 Å². The van der Waals surface area contributed by atoms with Crippen LogP contribution in [-0.4, -0.2) is 4.57 Å². The van der Waals surface area contributed by atoms with Gasteiger partial charge in [-0.25, -0.2) is 0 Å². The molecular weight excluding hydrogens is 134 g/mol. The van der Waals surface area contributed by atoms with Crippen molar-refractivity contribution < 1.29 is 0 Å². The number of hydrogen-bond acceptors (Lipinski definition) is 0. The van der Waals surface area contributed by atoms with Crippen molar-refractivity contribution in [2.45, 2.75) is 13.8 Å². The van der Waals surface area contributed by atoms with Crippen LogP contribution in [0.25, 0.3) is 12.3 Å². The van der Waals surface area contributed by atoms with Gasteiger partial charge in [0.2, 0.25) is 0 Å². The summed E-state index contributed by atoms with van der Waals surface area (Å²) in [5.74, 6) is 0. The molecular formula is C10H13N. The van der Waals surface area contributed by atoms with Gasteiger partial charge in [0, 0.05) is 18.1 Å². The lowest BCUT2D eigenvalue weighted by Crippen LogP contribution is -1.84. The van der Waals surface area contributed by atoms with E-state index in [2.05, 4.69) is 16.7 Å². The molecule has 0 atom stereocenters. The van der Waals surface area contributed by atoms with Gasteiger partial charge in [0.15, 0.2) is 0 Å². The SMILES string of the molecule is C/C=C\c1cccn1/C=C\C. The Morgan fingerprint density at radius 3 is 2.73 bits per heavy atom. The van der Waals surface area contributed by atoms with Gasteiger partial charge in [-0.3, -0.25) is 0 Å². The van der Waals surface area contributed by atoms with E-state index in [9.17, 15) is 0 Å². The molecule has 0 bridgehead atoms. The first-order valence-electron chi connectivity index (χ1n) is 3.81. The summed E-state index contributed by atoms with van der Waals surface area (Å²) in [4.78, 5) is 0. The molecule has 0 radical (unpaired) electrons. The third-order valence-electron chi connectivity index (χ3n) is 1.46. The third-order valence-corrected chi connectivity index (χ3v) is 1.46. The fraction of sp³-hybridized carbons (Fsp3) is 0.200. The number of hydrogen-bond donors (Lipinski definition) is 0. The molecule has 1 heteroatoms. The van der Waals surface area contributed by atoms with Crippen LogP contribution in [0.1, 0.15) is 19.5 Å². The minimum Gasteiger partial charge on any atom is -0.324 e. The molecule has 1 aromatic rings. The molecule has 58 valence electrons. The fourth-order valence-electron chi connectivity index (χ4n) is 1.02. The maximum atomic E-state index is 2.08. The van der Waals surface area contributed by atoms with Crippen LogP contribution in [0.15, 0.2) is 30.5 Å². The monoisotopic (exact) mass is 147 g/mol. The van der Waals surface area contributed by atoms with Crippen LogP contribution in [0.4, 0.5) is 0 Å². The highest BCUT2D eigenvalue weighted by Crippen LogP contribution is 2.04. The van der Waals surface area contributed by atoms with E-state index in [1.54, 1.807) is 0 Å². The average Bonchev–Trinajstić information content (AvgIpc) is 2.39. The van der Waals surface area contributed by atoms with Crippen LogP contribution in [0.2, 0.25) is 0 Å². The average molecular weight is 147 g/mol. The molecule has 0 saturated heterocycles. The summed E-state index contributed by atoms with van der Waals surface area (Å²) in [5.41, 5.74) is 1.21. The smallest absolute Gasteiger partial charge is 0.0446 e. The van der Waals surface area contributed by atoms with Gasteiger partial charge >= 0.3 is 0 Å². The van der Waals surface area contributed by atoms with E-state index in [1.807, 2.05) is 44.5 Å². The van der Waals surface area contributed by atoms with Gasteiger partial charge in [-0.2, -0.15) is 0 Å². The molecule has 0 aliphatic heterocycles. The Morgan fingerprint density at radius 2 is 2.09 bits per heavy atom. The molecule has 0 amide bonds. The highest BCUT2D eigenvalue weighted by molar-refractivity contribution is 5.49. The lowest BCUT2D eigenvalue weighted by atomic mass is 10.4. The molecule has 0 N–H and O–H groups in total. The lowest BCUT2D eigenvalue weighted by molar-refractivity contribution is 1.14. The summed E-state index contributed by atoms with van der Waals surface area (Å²) >= 11 is 0. The van der Waals surface area contributed by atoms with Crippen LogP contribution >= 0.6 is 0 Å². The van der Waals surface area contributed by atoms with Crippen molar-refractivity contribution in [3.05, 3.63) is 36.2 Å². The normalized spacial score (nSPS) is 11.8. The van der Waals surface area contributed by atoms with E-state index < -0.39 is 0 Å². The Bertz CT molecular complexity index is 240. The zero-order chi connectivity index (χ0) is 8.10. The lowest BCUT2D eigenvalue weighted by Gasteiger charge is -1.96. The Balaban J connectivity index is 2.95. The molecule has 0 aliphatic rings. The molecule has 0 fully saturated rings. The van der Waals surface area contributed by atoms with Crippen LogP contribution in [0, 0.1) is 0 Å². The van der Waals surface area contributed by atoms with E-state index in [1.165, 1.54) is 5.69 Å². The van der Waals surface area contributed by atoms with Gasteiger partial charge in [0.25, 0.3) is 0 Å². The van der Waals surface area contributed by atoms with Gasteiger partial charge in [-0.05, 0) is 32.1 Å². The first-order chi connectivity index (χ1) is 5.38. The van der Waals surface area contributed by atoms with Crippen LogP contribution in [0.3, 0.4) is 0 Å². The standard InChI is InChI=1S/C10H13N/c1-3-6-10-7-5-9-11(10)8-4-2/h3-9H,1-2H3/b6-3-,8-4-. The van der Waals surface area contributed by atoms with Crippen LogP contribution < -0.4 is 0 Å².